The maximum atomic E-state index is 8.49. The van der Waals surface area contributed by atoms with Crippen LogP contribution in [-0.4, -0.2) is 4.98 Å². The predicted molar refractivity (Wildman–Crippen MR) is 83.2 cm³/mol. The van der Waals surface area contributed by atoms with Crippen LogP contribution in [0.5, 0.6) is 0 Å². The van der Waals surface area contributed by atoms with Crippen LogP contribution in [0.25, 0.3) is 21.7 Å². The summed E-state index contributed by atoms with van der Waals surface area (Å²) in [7, 11) is -4.94. The summed E-state index contributed by atoms with van der Waals surface area (Å²) < 4.78 is 34.0. The molecule has 0 saturated carbocycles. The number of aromatic nitrogens is 1. The average molecular weight is 556 g/mol. The number of fused-ring (bicyclic) bond motifs is 3. The third-order valence-corrected chi connectivity index (χ3v) is 2.74. The Morgan fingerprint density at radius 1 is 1.00 bits per heavy atom. The van der Waals surface area contributed by atoms with Crippen LogP contribution in [0.2, 0.25) is 0 Å². The van der Waals surface area contributed by atoms with Crippen molar-refractivity contribution >= 4 is 21.7 Å². The Labute approximate surface area is 168 Å². The van der Waals surface area contributed by atoms with Crippen molar-refractivity contribution in [3.8, 4) is 6.07 Å². The second kappa shape index (κ2) is 10.5. The molecule has 1 aromatic heterocycles. The number of halogens is 1. The Balaban J connectivity index is 0.000000443. The molecule has 0 aliphatic heterocycles. The van der Waals surface area contributed by atoms with E-state index in [-0.39, 0.29) is 26.5 Å². The van der Waals surface area contributed by atoms with Gasteiger partial charge in [-0.15, -0.1) is 45.3 Å². The summed E-state index contributed by atoms with van der Waals surface area (Å²) in [5.74, 6) is 0. The number of benzene rings is 2. The molecule has 2 aromatic carbocycles. The van der Waals surface area contributed by atoms with Gasteiger partial charge < -0.3 is 4.98 Å². The standard InChI is InChI=1S/C13H8N.C5H9N.ClHO4.Pt/c1-2-6-12-10(4-1)7-8-11-5-3-9-14-13(11)12;1-5(2,3)4-6;2-1(3,4)5;/h1-5,7-9H;1-3H3;(H,2,3,4,5);/q-1;;;+2/p-1. The van der Waals surface area contributed by atoms with Crippen LogP contribution in [0.4, 0.5) is 0 Å². The van der Waals surface area contributed by atoms with Gasteiger partial charge in [-0.05, 0) is 37.7 Å². The summed E-state index contributed by atoms with van der Waals surface area (Å²) >= 11 is 0. The van der Waals surface area contributed by atoms with Crippen molar-refractivity contribution in [3.05, 3.63) is 54.7 Å². The molecule has 0 radical (unpaired) electrons. The first kappa shape index (κ1) is 24.4. The molecule has 0 aliphatic carbocycles. The molecular formula is C18H17ClN2O4Pt. The van der Waals surface area contributed by atoms with Gasteiger partial charge in [-0.2, -0.15) is 5.26 Å². The van der Waals surface area contributed by atoms with E-state index in [2.05, 4.69) is 41.4 Å². The van der Waals surface area contributed by atoms with Crippen LogP contribution in [0.3, 0.4) is 0 Å². The van der Waals surface area contributed by atoms with Crippen molar-refractivity contribution in [2.45, 2.75) is 20.8 Å². The van der Waals surface area contributed by atoms with Crippen molar-refractivity contribution in [1.29, 1.82) is 5.26 Å². The van der Waals surface area contributed by atoms with Gasteiger partial charge in [0.1, 0.15) is 0 Å². The fourth-order valence-electron chi connectivity index (χ4n) is 1.73. The van der Waals surface area contributed by atoms with Gasteiger partial charge >= 0.3 is 21.1 Å². The van der Waals surface area contributed by atoms with Gasteiger partial charge in [0.05, 0.1) is 6.07 Å². The summed E-state index contributed by atoms with van der Waals surface area (Å²) in [6, 6.07) is 19.6. The third kappa shape index (κ3) is 9.79. The zero-order valence-electron chi connectivity index (χ0n) is 14.3. The molecule has 26 heavy (non-hydrogen) atoms. The minimum absolute atomic E-state index is 0. The minimum Gasteiger partial charge on any atom is -0.304 e. The van der Waals surface area contributed by atoms with Crippen LogP contribution in [-0.2, 0) is 21.1 Å². The van der Waals surface area contributed by atoms with Crippen LogP contribution in [0.1, 0.15) is 20.8 Å². The molecule has 0 spiro atoms. The molecular weight excluding hydrogens is 539 g/mol. The van der Waals surface area contributed by atoms with Gasteiger partial charge in [-0.1, -0.05) is 18.2 Å². The molecule has 0 fully saturated rings. The first-order valence-corrected chi connectivity index (χ1v) is 8.42. The van der Waals surface area contributed by atoms with Gasteiger partial charge in [0.2, 0.25) is 0 Å². The molecule has 0 bridgehead atoms. The largest absolute Gasteiger partial charge is 2.00 e. The first-order chi connectivity index (χ1) is 11.5. The molecule has 0 amide bonds. The Kier molecular flexibility index (Phi) is 9.90. The number of rotatable bonds is 0. The molecule has 6 nitrogen and oxygen atoms in total. The molecule has 3 rings (SSSR count). The van der Waals surface area contributed by atoms with E-state index < -0.39 is 10.2 Å². The number of hydrogen-bond donors (Lipinski definition) is 0. The zero-order chi connectivity index (χ0) is 19.1. The predicted octanol–water partition coefficient (Wildman–Crippen LogP) is -0.0142. The summed E-state index contributed by atoms with van der Waals surface area (Å²) in [4.78, 5) is 4.38. The summed E-state index contributed by atoms with van der Waals surface area (Å²) in [5, 5.41) is 11.6. The van der Waals surface area contributed by atoms with Crippen molar-refractivity contribution < 1.29 is 49.9 Å². The van der Waals surface area contributed by atoms with E-state index >= 15 is 0 Å². The van der Waals surface area contributed by atoms with E-state index in [1.165, 1.54) is 10.8 Å². The van der Waals surface area contributed by atoms with Gasteiger partial charge in [0.25, 0.3) is 0 Å². The van der Waals surface area contributed by atoms with Crippen LogP contribution in [0, 0.1) is 33.1 Å². The number of nitriles is 1. The summed E-state index contributed by atoms with van der Waals surface area (Å²) in [5.41, 5.74) is 0.880. The second-order valence-electron chi connectivity index (χ2n) is 6.01. The normalized spacial score (nSPS) is 10.5. The SMILES string of the molecule is CC(C)(C)C#N.[O-][Cl+3]([O-])([O-])[O-].[Pt+2].[c-]1cccc2ccc3cccnc3c12. The smallest absolute Gasteiger partial charge is 0.304 e. The first-order valence-electron chi connectivity index (χ1n) is 7.18. The van der Waals surface area contributed by atoms with E-state index in [1.54, 1.807) is 0 Å². The van der Waals surface area contributed by atoms with E-state index in [1.807, 2.05) is 45.2 Å². The number of nitrogens with zero attached hydrogens (tertiary/aromatic N) is 2. The fourth-order valence-corrected chi connectivity index (χ4v) is 1.73. The minimum atomic E-state index is -4.94. The molecule has 0 unspecified atom stereocenters. The van der Waals surface area contributed by atoms with Crippen molar-refractivity contribution in [3.63, 3.8) is 0 Å². The Hall–Kier alpha value is -1.58. The number of pyridine rings is 1. The Bertz CT molecular complexity index is 810. The quantitative estimate of drug-likeness (QED) is 0.283. The Morgan fingerprint density at radius 3 is 2.04 bits per heavy atom. The average Bonchev–Trinajstić information content (AvgIpc) is 2.53. The third-order valence-electron chi connectivity index (χ3n) is 2.74. The second-order valence-corrected chi connectivity index (χ2v) is 6.77. The maximum Gasteiger partial charge on any atom is 2.00 e. The molecule has 3 aromatic rings. The van der Waals surface area contributed by atoms with Crippen LogP contribution < -0.4 is 18.6 Å². The van der Waals surface area contributed by atoms with Crippen molar-refractivity contribution in [2.75, 3.05) is 0 Å². The molecule has 140 valence electrons. The Morgan fingerprint density at radius 2 is 1.50 bits per heavy atom. The summed E-state index contributed by atoms with van der Waals surface area (Å²) in [6.45, 7) is 5.65. The number of hydrogen-bond acceptors (Lipinski definition) is 6. The fraction of sp³-hybridized carbons (Fsp3) is 0.222. The van der Waals surface area contributed by atoms with Crippen LogP contribution in [0.15, 0.2) is 48.7 Å². The van der Waals surface area contributed by atoms with Gasteiger partial charge in [-0.3, -0.25) is 0 Å². The molecule has 0 atom stereocenters. The van der Waals surface area contributed by atoms with Crippen molar-refractivity contribution in [1.82, 2.24) is 4.98 Å². The van der Waals surface area contributed by atoms with E-state index in [4.69, 9.17) is 23.9 Å². The molecule has 0 N–H and O–H groups in total. The summed E-state index contributed by atoms with van der Waals surface area (Å²) in [6.07, 6.45) is 1.82. The van der Waals surface area contributed by atoms with E-state index in [9.17, 15) is 0 Å². The van der Waals surface area contributed by atoms with E-state index in [0.717, 1.165) is 10.9 Å². The van der Waals surface area contributed by atoms with Gasteiger partial charge in [-0.25, -0.2) is 18.6 Å². The van der Waals surface area contributed by atoms with E-state index in [0.29, 0.717) is 0 Å². The van der Waals surface area contributed by atoms with Crippen LogP contribution >= 0.6 is 0 Å². The molecule has 0 saturated heterocycles. The topological polar surface area (TPSA) is 129 Å². The molecule has 0 aliphatic rings. The maximum absolute atomic E-state index is 8.49. The molecule has 8 heteroatoms. The van der Waals surface area contributed by atoms with Gasteiger partial charge in [0, 0.05) is 11.6 Å². The monoisotopic (exact) mass is 555 g/mol. The van der Waals surface area contributed by atoms with Crippen molar-refractivity contribution in [2.24, 2.45) is 5.41 Å². The molecule has 1 heterocycles. The van der Waals surface area contributed by atoms with Gasteiger partial charge in [0.15, 0.2) is 0 Å². The zero-order valence-corrected chi connectivity index (χ0v) is 17.4.